The molecule has 1 aromatic carbocycles. The van der Waals surface area contributed by atoms with Crippen LogP contribution in [0.15, 0.2) is 30.3 Å². The Morgan fingerprint density at radius 1 is 1.43 bits per heavy atom. The monoisotopic (exact) mass is 291 g/mol. The van der Waals surface area contributed by atoms with Gasteiger partial charge in [-0.3, -0.25) is 9.69 Å². The van der Waals surface area contributed by atoms with E-state index in [1.54, 1.807) is 12.1 Å². The molecule has 0 atom stereocenters. The van der Waals surface area contributed by atoms with Crippen LogP contribution in [0.4, 0.5) is 4.39 Å². The third-order valence-electron chi connectivity index (χ3n) is 3.56. The molecule has 1 fully saturated rings. The highest BCUT2D eigenvalue weighted by atomic mass is 19.1. The molecule has 1 heterocycles. The Bertz CT molecular complexity index is 510. The van der Waals surface area contributed by atoms with Gasteiger partial charge in [-0.25, -0.2) is 4.39 Å². The van der Waals surface area contributed by atoms with E-state index in [2.05, 4.69) is 15.5 Å². The van der Waals surface area contributed by atoms with Gasteiger partial charge >= 0.3 is 0 Å². The summed E-state index contributed by atoms with van der Waals surface area (Å²) in [4.78, 5) is 14.2. The van der Waals surface area contributed by atoms with E-state index in [1.807, 2.05) is 6.92 Å². The van der Waals surface area contributed by atoms with Crippen molar-refractivity contribution in [1.29, 1.82) is 0 Å². The molecule has 4 nitrogen and oxygen atoms in total. The fourth-order valence-corrected chi connectivity index (χ4v) is 2.34. The predicted octanol–water partition coefficient (Wildman–Crippen LogP) is 1.25. The van der Waals surface area contributed by atoms with Gasteiger partial charge in [-0.05, 0) is 30.2 Å². The smallest absolute Gasteiger partial charge is 0.244 e. The minimum Gasteiger partial charge on any atom is -0.351 e. The van der Waals surface area contributed by atoms with Crippen molar-refractivity contribution in [3.63, 3.8) is 0 Å². The summed E-state index contributed by atoms with van der Waals surface area (Å²) in [7, 11) is 0. The first-order valence-electron chi connectivity index (χ1n) is 7.30. The molecule has 1 saturated heterocycles. The maximum atomic E-state index is 13.1. The normalized spacial score (nSPS) is 16.8. The predicted molar refractivity (Wildman–Crippen MR) is 82.4 cm³/mol. The third-order valence-corrected chi connectivity index (χ3v) is 3.56. The van der Waals surface area contributed by atoms with E-state index < -0.39 is 0 Å². The zero-order chi connectivity index (χ0) is 15.1. The molecule has 1 amide bonds. The quantitative estimate of drug-likeness (QED) is 0.803. The number of hydrogen-bond donors (Lipinski definition) is 2. The topological polar surface area (TPSA) is 44.4 Å². The molecule has 1 aliphatic heterocycles. The summed E-state index contributed by atoms with van der Waals surface area (Å²) in [6.45, 7) is 7.36. The fourth-order valence-electron chi connectivity index (χ4n) is 2.34. The Kier molecular flexibility index (Phi) is 5.90. The van der Waals surface area contributed by atoms with Crippen LogP contribution in [0, 0.1) is 5.82 Å². The van der Waals surface area contributed by atoms with Crippen LogP contribution in [-0.2, 0) is 4.79 Å². The number of rotatable bonds is 5. The Hall–Kier alpha value is -1.72. The second kappa shape index (κ2) is 7.90. The van der Waals surface area contributed by atoms with Crippen molar-refractivity contribution in [1.82, 2.24) is 15.5 Å². The average Bonchev–Trinajstić information content (AvgIpc) is 2.48. The molecule has 2 N–H and O–H groups in total. The largest absolute Gasteiger partial charge is 0.351 e. The minimum absolute atomic E-state index is 0.133. The number of carbonyl (C=O) groups excluding carboxylic acids is 1. The first-order chi connectivity index (χ1) is 10.1. The molecule has 0 bridgehead atoms. The lowest BCUT2D eigenvalue weighted by Crippen LogP contribution is -2.46. The van der Waals surface area contributed by atoms with Gasteiger partial charge in [0.25, 0.3) is 0 Å². The first-order valence-corrected chi connectivity index (χ1v) is 7.30. The van der Waals surface area contributed by atoms with Crippen molar-refractivity contribution in [2.45, 2.75) is 6.92 Å². The van der Waals surface area contributed by atoms with Crippen LogP contribution >= 0.6 is 0 Å². The Morgan fingerprint density at radius 2 is 2.19 bits per heavy atom. The van der Waals surface area contributed by atoms with Crippen molar-refractivity contribution in [2.24, 2.45) is 0 Å². The maximum Gasteiger partial charge on any atom is 0.244 e. The second-order valence-corrected chi connectivity index (χ2v) is 5.22. The first kappa shape index (κ1) is 15.7. The van der Waals surface area contributed by atoms with Crippen LogP contribution < -0.4 is 10.6 Å². The number of hydrogen-bond acceptors (Lipinski definition) is 3. The Morgan fingerprint density at radius 3 is 2.90 bits per heavy atom. The molecule has 0 aliphatic carbocycles. The van der Waals surface area contributed by atoms with Gasteiger partial charge in [0.1, 0.15) is 5.82 Å². The average molecular weight is 291 g/mol. The summed E-state index contributed by atoms with van der Waals surface area (Å²) >= 11 is 0. The van der Waals surface area contributed by atoms with E-state index >= 15 is 0 Å². The lowest BCUT2D eigenvalue weighted by Gasteiger charge is -2.26. The number of piperazine rings is 1. The van der Waals surface area contributed by atoms with Gasteiger partial charge in [0.2, 0.25) is 5.91 Å². The van der Waals surface area contributed by atoms with E-state index in [0.29, 0.717) is 6.54 Å². The van der Waals surface area contributed by atoms with Crippen molar-refractivity contribution in [2.75, 3.05) is 39.3 Å². The molecule has 0 unspecified atom stereocenters. The lowest BCUT2D eigenvalue weighted by molar-refractivity contribution is -0.116. The SMILES string of the molecule is C/C(=C\C(=O)NCCN1CCNCC1)c1cccc(F)c1. The van der Waals surface area contributed by atoms with E-state index in [0.717, 1.165) is 43.9 Å². The number of nitrogens with zero attached hydrogens (tertiary/aromatic N) is 1. The van der Waals surface area contributed by atoms with Gasteiger partial charge in [-0.2, -0.15) is 0 Å². The zero-order valence-electron chi connectivity index (χ0n) is 12.4. The molecule has 0 radical (unpaired) electrons. The van der Waals surface area contributed by atoms with Gasteiger partial charge in [-0.15, -0.1) is 0 Å². The number of nitrogens with one attached hydrogen (secondary N) is 2. The highest BCUT2D eigenvalue weighted by Crippen LogP contribution is 2.14. The summed E-state index contributed by atoms with van der Waals surface area (Å²) in [5.74, 6) is -0.425. The van der Waals surface area contributed by atoms with Gasteiger partial charge in [0.15, 0.2) is 0 Å². The van der Waals surface area contributed by atoms with Gasteiger partial charge in [0.05, 0.1) is 0 Å². The van der Waals surface area contributed by atoms with Crippen molar-refractivity contribution in [3.05, 3.63) is 41.7 Å². The van der Waals surface area contributed by atoms with Crippen LogP contribution in [0.3, 0.4) is 0 Å². The summed E-state index contributed by atoms with van der Waals surface area (Å²) < 4.78 is 13.1. The van der Waals surface area contributed by atoms with E-state index in [9.17, 15) is 9.18 Å². The Labute approximate surface area is 125 Å². The summed E-state index contributed by atoms with van der Waals surface area (Å²) in [6, 6.07) is 6.26. The van der Waals surface area contributed by atoms with Crippen molar-refractivity contribution < 1.29 is 9.18 Å². The lowest BCUT2D eigenvalue weighted by atomic mass is 10.1. The third kappa shape index (κ3) is 5.28. The molecule has 2 rings (SSSR count). The molecule has 1 aliphatic rings. The molecular weight excluding hydrogens is 269 g/mol. The van der Waals surface area contributed by atoms with Crippen LogP contribution in [-0.4, -0.2) is 50.1 Å². The van der Waals surface area contributed by atoms with Gasteiger partial charge < -0.3 is 10.6 Å². The Balaban J connectivity index is 1.78. The van der Waals surface area contributed by atoms with Crippen molar-refractivity contribution in [3.8, 4) is 0 Å². The standard InChI is InChI=1S/C16H22FN3O/c1-13(14-3-2-4-15(17)12-14)11-16(21)19-7-10-20-8-5-18-6-9-20/h2-4,11-12,18H,5-10H2,1H3,(H,19,21)/b13-11+. The van der Waals surface area contributed by atoms with Crippen LogP contribution in [0.1, 0.15) is 12.5 Å². The van der Waals surface area contributed by atoms with Crippen LogP contribution in [0.2, 0.25) is 0 Å². The second-order valence-electron chi connectivity index (χ2n) is 5.22. The van der Waals surface area contributed by atoms with Gasteiger partial charge in [0, 0.05) is 45.3 Å². The maximum absolute atomic E-state index is 13.1. The molecule has 0 saturated carbocycles. The molecule has 21 heavy (non-hydrogen) atoms. The molecule has 5 heteroatoms. The summed E-state index contributed by atoms with van der Waals surface area (Å²) in [5.41, 5.74) is 1.49. The number of benzene rings is 1. The highest BCUT2D eigenvalue weighted by molar-refractivity contribution is 5.94. The number of amides is 1. The fraction of sp³-hybridized carbons (Fsp3) is 0.438. The van der Waals surface area contributed by atoms with Gasteiger partial charge in [-0.1, -0.05) is 12.1 Å². The molecular formula is C16H22FN3O. The summed E-state index contributed by atoms with van der Waals surface area (Å²) in [5, 5.41) is 6.17. The molecule has 114 valence electrons. The van der Waals surface area contributed by atoms with Crippen LogP contribution in [0.25, 0.3) is 5.57 Å². The van der Waals surface area contributed by atoms with E-state index in [1.165, 1.54) is 18.2 Å². The van der Waals surface area contributed by atoms with E-state index in [-0.39, 0.29) is 11.7 Å². The number of carbonyl (C=O) groups is 1. The minimum atomic E-state index is -0.292. The molecule has 0 aromatic heterocycles. The van der Waals surface area contributed by atoms with Crippen molar-refractivity contribution >= 4 is 11.5 Å². The number of allylic oxidation sites excluding steroid dienone is 1. The number of halogens is 1. The highest BCUT2D eigenvalue weighted by Gasteiger charge is 2.09. The molecule has 1 aromatic rings. The van der Waals surface area contributed by atoms with E-state index in [4.69, 9.17) is 0 Å². The zero-order valence-corrected chi connectivity index (χ0v) is 12.4. The summed E-state index contributed by atoms with van der Waals surface area (Å²) in [6.07, 6.45) is 1.52. The van der Waals surface area contributed by atoms with Crippen LogP contribution in [0.5, 0.6) is 0 Å². The molecule has 0 spiro atoms.